The number of methoxy groups -OCH3 is 1. The van der Waals surface area contributed by atoms with E-state index in [2.05, 4.69) is 22.3 Å². The number of nitrogens with one attached hydrogen (secondary N) is 1. The lowest BCUT2D eigenvalue weighted by Gasteiger charge is -2.34. The number of hydrogen-bond acceptors (Lipinski definition) is 5. The predicted molar refractivity (Wildman–Crippen MR) is 108 cm³/mol. The number of hydrogen-bond donors (Lipinski definition) is 1. The lowest BCUT2D eigenvalue weighted by Crippen LogP contribution is -2.51. The molecule has 3 rings (SSSR count). The first-order valence-electron chi connectivity index (χ1n) is 9.35. The van der Waals surface area contributed by atoms with Gasteiger partial charge in [0.05, 0.1) is 11.4 Å². The third-order valence-corrected chi connectivity index (χ3v) is 6.17. The van der Waals surface area contributed by atoms with Crippen LogP contribution in [0.1, 0.15) is 21.7 Å². The van der Waals surface area contributed by atoms with Gasteiger partial charge in [0.25, 0.3) is 5.91 Å². The zero-order chi connectivity index (χ0) is 19.2. The van der Waals surface area contributed by atoms with Gasteiger partial charge in [-0.15, -0.1) is 11.3 Å². The number of fused-ring (bicyclic) bond motifs is 1. The third kappa shape index (κ3) is 4.86. The van der Waals surface area contributed by atoms with Crippen LogP contribution in [0.25, 0.3) is 10.1 Å². The van der Waals surface area contributed by atoms with Gasteiger partial charge in [0, 0.05) is 51.1 Å². The molecule has 0 saturated carbocycles. The summed E-state index contributed by atoms with van der Waals surface area (Å²) >= 11 is 1.57. The molecule has 2 amide bonds. The fourth-order valence-corrected chi connectivity index (χ4v) is 4.51. The first kappa shape index (κ1) is 19.8. The molecule has 0 aliphatic carbocycles. The molecule has 1 aliphatic rings. The number of nitrogens with zero attached hydrogens (tertiary/aromatic N) is 2. The highest BCUT2D eigenvalue weighted by Gasteiger charge is 2.25. The van der Waals surface area contributed by atoms with E-state index in [1.54, 1.807) is 18.4 Å². The molecule has 0 bridgehead atoms. The zero-order valence-electron chi connectivity index (χ0n) is 16.0. The molecule has 0 unspecified atom stereocenters. The molecule has 2 heterocycles. The Labute approximate surface area is 164 Å². The maximum atomic E-state index is 12.9. The van der Waals surface area contributed by atoms with Gasteiger partial charge in [-0.05, 0) is 30.4 Å². The van der Waals surface area contributed by atoms with E-state index >= 15 is 0 Å². The Kier molecular flexibility index (Phi) is 6.82. The molecular formula is C20H27N3O3S. The molecule has 27 heavy (non-hydrogen) atoms. The van der Waals surface area contributed by atoms with Crippen molar-refractivity contribution in [3.05, 3.63) is 34.7 Å². The van der Waals surface area contributed by atoms with Crippen molar-refractivity contribution < 1.29 is 14.3 Å². The largest absolute Gasteiger partial charge is 0.385 e. The number of benzene rings is 1. The number of rotatable bonds is 7. The van der Waals surface area contributed by atoms with Gasteiger partial charge in [-0.2, -0.15) is 0 Å². The Morgan fingerprint density at radius 2 is 1.93 bits per heavy atom. The summed E-state index contributed by atoms with van der Waals surface area (Å²) in [6.07, 6.45) is 0.818. The highest BCUT2D eigenvalue weighted by Crippen LogP contribution is 2.31. The monoisotopic (exact) mass is 389 g/mol. The minimum absolute atomic E-state index is 0.0335. The van der Waals surface area contributed by atoms with Crippen molar-refractivity contribution in [3.63, 3.8) is 0 Å². The van der Waals surface area contributed by atoms with E-state index in [9.17, 15) is 9.59 Å². The van der Waals surface area contributed by atoms with Gasteiger partial charge < -0.3 is 15.0 Å². The summed E-state index contributed by atoms with van der Waals surface area (Å²) in [5.41, 5.74) is 1.07. The van der Waals surface area contributed by atoms with Crippen molar-refractivity contribution in [2.24, 2.45) is 0 Å². The van der Waals surface area contributed by atoms with Gasteiger partial charge >= 0.3 is 0 Å². The van der Waals surface area contributed by atoms with Crippen molar-refractivity contribution in [2.45, 2.75) is 13.3 Å². The van der Waals surface area contributed by atoms with E-state index in [4.69, 9.17) is 4.74 Å². The molecule has 2 aromatic rings. The van der Waals surface area contributed by atoms with E-state index in [0.717, 1.165) is 40.0 Å². The lowest BCUT2D eigenvalue weighted by molar-refractivity contribution is -0.122. The molecule has 1 aromatic heterocycles. The Morgan fingerprint density at radius 3 is 2.63 bits per heavy atom. The standard InChI is InChI=1S/C20H27N3O3S/c1-15-16-6-3-4-7-17(16)27-19(15)20(25)23-11-9-22(10-12-23)14-18(24)21-8-5-13-26-2/h3-4,6-7H,5,8-14H2,1-2H3,(H,21,24). The van der Waals surface area contributed by atoms with Gasteiger partial charge in [-0.1, -0.05) is 18.2 Å². The summed E-state index contributed by atoms with van der Waals surface area (Å²) in [6, 6.07) is 8.15. The molecule has 0 radical (unpaired) electrons. The lowest BCUT2D eigenvalue weighted by atomic mass is 10.1. The smallest absolute Gasteiger partial charge is 0.264 e. The highest BCUT2D eigenvalue weighted by atomic mass is 32.1. The molecule has 0 atom stereocenters. The summed E-state index contributed by atoms with van der Waals surface area (Å²) in [6.45, 7) is 6.46. The molecule has 146 valence electrons. The van der Waals surface area contributed by atoms with Crippen LogP contribution in [0.5, 0.6) is 0 Å². The van der Waals surface area contributed by atoms with E-state index in [-0.39, 0.29) is 11.8 Å². The van der Waals surface area contributed by atoms with Gasteiger partial charge in [-0.3, -0.25) is 14.5 Å². The summed E-state index contributed by atoms with van der Waals surface area (Å²) in [5, 5.41) is 4.07. The molecule has 6 nitrogen and oxygen atoms in total. The summed E-state index contributed by atoms with van der Waals surface area (Å²) in [5.74, 6) is 0.142. The zero-order valence-corrected chi connectivity index (χ0v) is 16.8. The van der Waals surface area contributed by atoms with E-state index in [1.807, 2.05) is 24.0 Å². The number of carbonyl (C=O) groups excluding carboxylic acids is 2. The normalized spacial score (nSPS) is 15.3. The first-order chi connectivity index (χ1) is 13.1. The van der Waals surface area contributed by atoms with Crippen molar-refractivity contribution in [1.29, 1.82) is 0 Å². The minimum atomic E-state index is 0.0335. The molecule has 1 aliphatic heterocycles. The summed E-state index contributed by atoms with van der Waals surface area (Å²) < 4.78 is 6.13. The SMILES string of the molecule is COCCCNC(=O)CN1CCN(C(=O)c2sc3ccccc3c2C)CC1. The molecule has 1 aromatic carbocycles. The topological polar surface area (TPSA) is 61.9 Å². The van der Waals surface area contributed by atoms with Gasteiger partial charge in [-0.25, -0.2) is 0 Å². The quantitative estimate of drug-likeness (QED) is 0.737. The van der Waals surface area contributed by atoms with Crippen LogP contribution in [-0.2, 0) is 9.53 Å². The second-order valence-corrected chi connectivity index (χ2v) is 7.87. The first-order valence-corrected chi connectivity index (χ1v) is 10.2. The van der Waals surface area contributed by atoms with Crippen molar-refractivity contribution in [2.75, 3.05) is 53.0 Å². The third-order valence-electron chi connectivity index (χ3n) is 4.91. The van der Waals surface area contributed by atoms with Crippen LogP contribution in [0.15, 0.2) is 24.3 Å². The number of amides is 2. The number of thiophene rings is 1. The van der Waals surface area contributed by atoms with E-state index in [1.165, 1.54) is 0 Å². The average Bonchev–Trinajstić information content (AvgIpc) is 3.02. The highest BCUT2D eigenvalue weighted by molar-refractivity contribution is 7.21. The fraction of sp³-hybridized carbons (Fsp3) is 0.500. The molecule has 0 spiro atoms. The molecular weight excluding hydrogens is 362 g/mol. The van der Waals surface area contributed by atoms with Crippen LogP contribution in [0.3, 0.4) is 0 Å². The van der Waals surface area contributed by atoms with E-state index in [0.29, 0.717) is 32.8 Å². The van der Waals surface area contributed by atoms with Crippen LogP contribution in [0, 0.1) is 6.92 Å². The van der Waals surface area contributed by atoms with Crippen LogP contribution in [-0.4, -0.2) is 74.6 Å². The van der Waals surface area contributed by atoms with Crippen molar-refractivity contribution >= 4 is 33.2 Å². The molecule has 1 N–H and O–H groups in total. The second-order valence-electron chi connectivity index (χ2n) is 6.82. The number of piperazine rings is 1. The van der Waals surface area contributed by atoms with Crippen molar-refractivity contribution in [1.82, 2.24) is 15.1 Å². The average molecular weight is 390 g/mol. The number of ether oxygens (including phenoxy) is 1. The Hall–Kier alpha value is -1.96. The Morgan fingerprint density at radius 1 is 1.19 bits per heavy atom. The molecule has 1 saturated heterocycles. The second kappa shape index (κ2) is 9.30. The minimum Gasteiger partial charge on any atom is -0.385 e. The summed E-state index contributed by atoms with van der Waals surface area (Å²) in [4.78, 5) is 29.8. The summed E-state index contributed by atoms with van der Waals surface area (Å²) in [7, 11) is 1.66. The van der Waals surface area contributed by atoms with Gasteiger partial charge in [0.1, 0.15) is 0 Å². The van der Waals surface area contributed by atoms with Crippen LogP contribution in [0.4, 0.5) is 0 Å². The van der Waals surface area contributed by atoms with Gasteiger partial charge in [0.15, 0.2) is 0 Å². The van der Waals surface area contributed by atoms with Gasteiger partial charge in [0.2, 0.25) is 5.91 Å². The maximum Gasteiger partial charge on any atom is 0.264 e. The number of aryl methyl sites for hydroxylation is 1. The Balaban J connectivity index is 1.50. The maximum absolute atomic E-state index is 12.9. The molecule has 7 heteroatoms. The van der Waals surface area contributed by atoms with E-state index < -0.39 is 0 Å². The predicted octanol–water partition coefficient (Wildman–Crippen LogP) is 2.12. The van der Waals surface area contributed by atoms with Crippen molar-refractivity contribution in [3.8, 4) is 0 Å². The Bertz CT molecular complexity index is 797. The number of carbonyl (C=O) groups is 2. The molecule has 1 fully saturated rings. The van der Waals surface area contributed by atoms with Crippen LogP contribution in [0.2, 0.25) is 0 Å². The van der Waals surface area contributed by atoms with Crippen LogP contribution < -0.4 is 5.32 Å². The van der Waals surface area contributed by atoms with Crippen LogP contribution >= 0.6 is 11.3 Å². The fourth-order valence-electron chi connectivity index (χ4n) is 3.33.